The predicted octanol–water partition coefficient (Wildman–Crippen LogP) is 2.12. The number of nitrogens with one attached hydrogen (secondary N) is 1. The molecule has 0 unspecified atom stereocenters. The molecule has 1 aromatic carbocycles. The summed E-state index contributed by atoms with van der Waals surface area (Å²) in [5.74, 6) is 3.31. The molecule has 19 heavy (non-hydrogen) atoms. The summed E-state index contributed by atoms with van der Waals surface area (Å²) < 4.78 is 16.2. The van der Waals surface area contributed by atoms with Crippen LogP contribution in [0.3, 0.4) is 0 Å². The van der Waals surface area contributed by atoms with Crippen LogP contribution in [-0.2, 0) is 0 Å². The molecule has 104 valence electrons. The number of fused-ring (bicyclic) bond motifs is 1. The molecule has 2 rings (SSSR count). The summed E-state index contributed by atoms with van der Waals surface area (Å²) in [4.78, 5) is 4.10. The normalized spacial score (nSPS) is 13.5. The van der Waals surface area contributed by atoms with Crippen molar-refractivity contribution in [2.24, 2.45) is 4.99 Å². The van der Waals surface area contributed by atoms with E-state index >= 15 is 0 Å². The van der Waals surface area contributed by atoms with E-state index in [9.17, 15) is 0 Å². The van der Waals surface area contributed by atoms with E-state index in [1.807, 2.05) is 25.2 Å². The quantitative estimate of drug-likeness (QED) is 0.509. The monoisotopic (exact) mass is 282 g/mol. The molecule has 0 aromatic heterocycles. The highest BCUT2D eigenvalue weighted by Gasteiger charge is 2.13. The van der Waals surface area contributed by atoms with E-state index in [4.69, 9.17) is 14.2 Å². The highest BCUT2D eigenvalue weighted by Crippen LogP contribution is 2.35. The van der Waals surface area contributed by atoms with Crippen molar-refractivity contribution in [2.75, 3.05) is 33.2 Å². The summed E-state index contributed by atoms with van der Waals surface area (Å²) in [6.07, 6.45) is 0.958. The first kappa shape index (κ1) is 13.9. The lowest BCUT2D eigenvalue weighted by Crippen LogP contribution is -2.14. The molecule has 1 aliphatic heterocycles. The van der Waals surface area contributed by atoms with E-state index in [0.29, 0.717) is 13.4 Å². The van der Waals surface area contributed by atoms with Gasteiger partial charge in [-0.3, -0.25) is 4.99 Å². The second-order valence-corrected chi connectivity index (χ2v) is 4.93. The molecule has 0 radical (unpaired) electrons. The van der Waals surface area contributed by atoms with Crippen molar-refractivity contribution in [1.82, 2.24) is 5.32 Å². The summed E-state index contributed by atoms with van der Waals surface area (Å²) >= 11 is 1.69. The second-order valence-electron chi connectivity index (χ2n) is 3.84. The fraction of sp³-hybridized carbons (Fsp3) is 0.462. The SMILES string of the molecule is CN=C(NC)SCCCOc1ccc2c(c1)OCO2. The van der Waals surface area contributed by atoms with Crippen LogP contribution in [0.25, 0.3) is 0 Å². The largest absolute Gasteiger partial charge is 0.493 e. The second kappa shape index (κ2) is 7.13. The molecule has 0 amide bonds. The first-order chi connectivity index (χ1) is 9.33. The number of hydrogen-bond donors (Lipinski definition) is 1. The zero-order valence-corrected chi connectivity index (χ0v) is 12.0. The first-order valence-electron chi connectivity index (χ1n) is 6.13. The van der Waals surface area contributed by atoms with Crippen molar-refractivity contribution in [3.63, 3.8) is 0 Å². The molecule has 1 aliphatic rings. The van der Waals surface area contributed by atoms with E-state index < -0.39 is 0 Å². The van der Waals surface area contributed by atoms with Gasteiger partial charge in [-0.25, -0.2) is 0 Å². The lowest BCUT2D eigenvalue weighted by molar-refractivity contribution is 0.173. The molecule has 1 heterocycles. The Morgan fingerprint density at radius 3 is 3.05 bits per heavy atom. The van der Waals surface area contributed by atoms with Gasteiger partial charge in [0.05, 0.1) is 6.61 Å². The molecule has 0 atom stereocenters. The minimum absolute atomic E-state index is 0.290. The summed E-state index contributed by atoms with van der Waals surface area (Å²) in [6.45, 7) is 0.964. The Kier molecular flexibility index (Phi) is 5.20. The van der Waals surface area contributed by atoms with Gasteiger partial charge in [0.2, 0.25) is 6.79 Å². The van der Waals surface area contributed by atoms with Gasteiger partial charge in [-0.15, -0.1) is 0 Å². The molecule has 5 nitrogen and oxygen atoms in total. The number of rotatable bonds is 5. The molecule has 0 saturated carbocycles. The zero-order chi connectivity index (χ0) is 13.5. The number of hydrogen-bond acceptors (Lipinski definition) is 5. The molecule has 1 aromatic rings. The van der Waals surface area contributed by atoms with Crippen molar-refractivity contribution in [3.8, 4) is 17.2 Å². The molecule has 6 heteroatoms. The van der Waals surface area contributed by atoms with Gasteiger partial charge >= 0.3 is 0 Å². The maximum atomic E-state index is 5.67. The van der Waals surface area contributed by atoms with Crippen LogP contribution in [-0.4, -0.2) is 38.4 Å². The minimum Gasteiger partial charge on any atom is -0.493 e. The number of nitrogens with zero attached hydrogens (tertiary/aromatic N) is 1. The smallest absolute Gasteiger partial charge is 0.231 e. The molecule has 0 spiro atoms. The number of benzene rings is 1. The van der Waals surface area contributed by atoms with Gasteiger partial charge in [0.1, 0.15) is 5.75 Å². The van der Waals surface area contributed by atoms with Crippen LogP contribution in [0.4, 0.5) is 0 Å². The fourth-order valence-electron chi connectivity index (χ4n) is 1.63. The Balaban J connectivity index is 1.69. The topological polar surface area (TPSA) is 52.1 Å². The van der Waals surface area contributed by atoms with Gasteiger partial charge in [0, 0.05) is 25.9 Å². The third-order valence-corrected chi connectivity index (χ3v) is 3.71. The van der Waals surface area contributed by atoms with Gasteiger partial charge < -0.3 is 19.5 Å². The van der Waals surface area contributed by atoms with Gasteiger partial charge in [-0.2, -0.15) is 0 Å². The molecule has 0 aliphatic carbocycles. The average Bonchev–Trinajstić information content (AvgIpc) is 2.90. The molecule has 0 saturated heterocycles. The lowest BCUT2D eigenvalue weighted by Gasteiger charge is -2.07. The number of ether oxygens (including phenoxy) is 3. The Bertz CT molecular complexity index is 452. The third-order valence-electron chi connectivity index (χ3n) is 2.56. The molecule has 0 bridgehead atoms. The fourth-order valence-corrected chi connectivity index (χ4v) is 2.36. The summed E-state index contributed by atoms with van der Waals surface area (Å²) in [5, 5.41) is 3.98. The van der Waals surface area contributed by atoms with Crippen molar-refractivity contribution in [3.05, 3.63) is 18.2 Å². The summed E-state index contributed by atoms with van der Waals surface area (Å²) in [6, 6.07) is 5.63. The van der Waals surface area contributed by atoms with Crippen LogP contribution < -0.4 is 19.5 Å². The molecular formula is C13H18N2O3S. The molecular weight excluding hydrogens is 264 g/mol. The van der Waals surface area contributed by atoms with Crippen molar-refractivity contribution < 1.29 is 14.2 Å². The van der Waals surface area contributed by atoms with E-state index in [-0.39, 0.29) is 0 Å². The Labute approximate surface area is 117 Å². The Morgan fingerprint density at radius 2 is 2.26 bits per heavy atom. The van der Waals surface area contributed by atoms with Crippen LogP contribution in [0.5, 0.6) is 17.2 Å². The van der Waals surface area contributed by atoms with Gasteiger partial charge in [-0.1, -0.05) is 11.8 Å². The highest BCUT2D eigenvalue weighted by molar-refractivity contribution is 8.13. The number of aliphatic imine (C=N–C) groups is 1. The Morgan fingerprint density at radius 1 is 1.42 bits per heavy atom. The average molecular weight is 282 g/mol. The maximum Gasteiger partial charge on any atom is 0.231 e. The summed E-state index contributed by atoms with van der Waals surface area (Å²) in [7, 11) is 3.65. The standard InChI is InChI=1S/C13H18N2O3S/c1-14-13(15-2)19-7-3-6-16-10-4-5-11-12(8-10)18-9-17-11/h4-5,8H,3,6-7,9H2,1-2H3,(H,14,15). The summed E-state index contributed by atoms with van der Waals surface area (Å²) in [5.41, 5.74) is 0. The van der Waals surface area contributed by atoms with Crippen LogP contribution in [0.15, 0.2) is 23.2 Å². The van der Waals surface area contributed by atoms with Gasteiger partial charge in [0.15, 0.2) is 16.7 Å². The highest BCUT2D eigenvalue weighted by atomic mass is 32.2. The van der Waals surface area contributed by atoms with Crippen LogP contribution in [0.1, 0.15) is 6.42 Å². The number of thioether (sulfide) groups is 1. The van der Waals surface area contributed by atoms with Gasteiger partial charge in [0.25, 0.3) is 0 Å². The van der Waals surface area contributed by atoms with E-state index in [2.05, 4.69) is 10.3 Å². The van der Waals surface area contributed by atoms with Crippen molar-refractivity contribution in [1.29, 1.82) is 0 Å². The van der Waals surface area contributed by atoms with Gasteiger partial charge in [-0.05, 0) is 18.6 Å². The van der Waals surface area contributed by atoms with Crippen molar-refractivity contribution >= 4 is 16.9 Å². The molecule has 0 fully saturated rings. The van der Waals surface area contributed by atoms with E-state index in [1.165, 1.54) is 0 Å². The van der Waals surface area contributed by atoms with Crippen LogP contribution in [0, 0.1) is 0 Å². The van der Waals surface area contributed by atoms with E-state index in [0.717, 1.165) is 34.6 Å². The third kappa shape index (κ3) is 3.96. The van der Waals surface area contributed by atoms with Crippen molar-refractivity contribution in [2.45, 2.75) is 6.42 Å². The van der Waals surface area contributed by atoms with Crippen LogP contribution in [0.2, 0.25) is 0 Å². The Hall–Kier alpha value is -1.56. The first-order valence-corrected chi connectivity index (χ1v) is 7.12. The van der Waals surface area contributed by atoms with E-state index in [1.54, 1.807) is 18.8 Å². The minimum atomic E-state index is 0.290. The molecule has 1 N–H and O–H groups in total. The maximum absolute atomic E-state index is 5.67. The lowest BCUT2D eigenvalue weighted by atomic mass is 10.3. The predicted molar refractivity (Wildman–Crippen MR) is 77.6 cm³/mol. The number of amidine groups is 1. The zero-order valence-electron chi connectivity index (χ0n) is 11.1. The van der Waals surface area contributed by atoms with Crippen LogP contribution >= 0.6 is 11.8 Å².